The second kappa shape index (κ2) is 7.05. The van der Waals surface area contributed by atoms with Crippen molar-refractivity contribution >= 4 is 11.7 Å². The number of aryl methyl sites for hydroxylation is 2. The minimum atomic E-state index is -0.134. The van der Waals surface area contributed by atoms with E-state index in [9.17, 15) is 9.90 Å². The minimum absolute atomic E-state index is 0.127. The second-order valence-corrected chi connectivity index (χ2v) is 6.31. The maximum atomic E-state index is 12.4. The van der Waals surface area contributed by atoms with Crippen molar-refractivity contribution in [3.05, 3.63) is 35.7 Å². The zero-order chi connectivity index (χ0) is 17.1. The summed E-state index contributed by atoms with van der Waals surface area (Å²) in [6.07, 6.45) is 1.90. The van der Waals surface area contributed by atoms with Crippen LogP contribution < -0.4 is 5.32 Å². The van der Waals surface area contributed by atoms with E-state index in [0.717, 1.165) is 36.4 Å². The van der Waals surface area contributed by atoms with Gasteiger partial charge < -0.3 is 19.7 Å². The molecule has 1 saturated heterocycles. The lowest BCUT2D eigenvalue weighted by molar-refractivity contribution is 0.136. The molecule has 0 aliphatic carbocycles. The molecule has 0 bridgehead atoms. The zero-order valence-electron chi connectivity index (χ0n) is 14.1. The van der Waals surface area contributed by atoms with Crippen LogP contribution in [0, 0.1) is 19.8 Å². The number of aliphatic hydroxyl groups is 1. The molecular weight excluding hydrogens is 306 g/mol. The quantitative estimate of drug-likeness (QED) is 0.906. The van der Waals surface area contributed by atoms with Crippen molar-refractivity contribution in [2.24, 2.45) is 5.92 Å². The summed E-state index contributed by atoms with van der Waals surface area (Å²) in [4.78, 5) is 18.6. The number of carbonyl (C=O) groups excluding carboxylic acids is 1. The molecule has 128 valence electrons. The van der Waals surface area contributed by atoms with Crippen LogP contribution in [0.1, 0.15) is 24.3 Å². The average Bonchev–Trinajstić information content (AvgIpc) is 2.94. The predicted octanol–water partition coefficient (Wildman–Crippen LogP) is 3.19. The number of urea groups is 1. The fourth-order valence-electron chi connectivity index (χ4n) is 2.93. The van der Waals surface area contributed by atoms with Crippen molar-refractivity contribution in [3.63, 3.8) is 0 Å². The van der Waals surface area contributed by atoms with E-state index in [4.69, 9.17) is 4.42 Å². The van der Waals surface area contributed by atoms with Gasteiger partial charge in [0.1, 0.15) is 5.76 Å². The van der Waals surface area contributed by atoms with Crippen LogP contribution in [0.2, 0.25) is 0 Å². The molecule has 2 heterocycles. The van der Waals surface area contributed by atoms with Crippen molar-refractivity contribution in [1.29, 1.82) is 0 Å². The van der Waals surface area contributed by atoms with E-state index in [2.05, 4.69) is 10.3 Å². The van der Waals surface area contributed by atoms with Crippen molar-refractivity contribution < 1.29 is 14.3 Å². The number of carbonyl (C=O) groups is 1. The number of anilines is 1. The predicted molar refractivity (Wildman–Crippen MR) is 91.8 cm³/mol. The van der Waals surface area contributed by atoms with Crippen molar-refractivity contribution in [3.8, 4) is 11.5 Å². The summed E-state index contributed by atoms with van der Waals surface area (Å²) in [5.41, 5.74) is 2.40. The Morgan fingerprint density at radius 2 is 2.29 bits per heavy atom. The van der Waals surface area contributed by atoms with Crippen LogP contribution in [0.5, 0.6) is 0 Å². The Morgan fingerprint density at radius 1 is 1.46 bits per heavy atom. The number of hydrogen-bond donors (Lipinski definition) is 2. The Bertz CT molecular complexity index is 707. The number of oxazole rings is 1. The molecule has 1 atom stereocenters. The van der Waals surface area contributed by atoms with Crippen molar-refractivity contribution in [1.82, 2.24) is 9.88 Å². The molecule has 2 amide bonds. The minimum Gasteiger partial charge on any atom is -0.441 e. The van der Waals surface area contributed by atoms with Gasteiger partial charge in [-0.1, -0.05) is 6.07 Å². The van der Waals surface area contributed by atoms with Gasteiger partial charge in [0.2, 0.25) is 5.89 Å². The smallest absolute Gasteiger partial charge is 0.321 e. The van der Waals surface area contributed by atoms with Gasteiger partial charge in [0.25, 0.3) is 0 Å². The van der Waals surface area contributed by atoms with Crippen LogP contribution in [0.25, 0.3) is 11.5 Å². The number of piperidine rings is 1. The normalized spacial score (nSPS) is 17.8. The van der Waals surface area contributed by atoms with Gasteiger partial charge in [-0.05, 0) is 50.8 Å². The summed E-state index contributed by atoms with van der Waals surface area (Å²) in [5, 5.41) is 12.2. The summed E-state index contributed by atoms with van der Waals surface area (Å²) in [7, 11) is 0. The lowest BCUT2D eigenvalue weighted by atomic mass is 9.99. The molecule has 1 aromatic heterocycles. The molecule has 3 rings (SSSR count). The van der Waals surface area contributed by atoms with E-state index in [1.54, 1.807) is 4.90 Å². The van der Waals surface area contributed by atoms with E-state index in [0.29, 0.717) is 18.1 Å². The number of aliphatic hydroxyl groups excluding tert-OH is 1. The van der Waals surface area contributed by atoms with Gasteiger partial charge >= 0.3 is 6.03 Å². The van der Waals surface area contributed by atoms with Gasteiger partial charge in [0.05, 0.1) is 5.69 Å². The molecule has 0 saturated carbocycles. The lowest BCUT2D eigenvalue weighted by Crippen LogP contribution is -2.43. The molecule has 1 fully saturated rings. The first-order valence-electron chi connectivity index (χ1n) is 8.28. The summed E-state index contributed by atoms with van der Waals surface area (Å²) >= 11 is 0. The SMILES string of the molecule is Cc1nc(-c2cccc(NC(=O)N3CCCC(CO)C3)c2)oc1C. The maximum absolute atomic E-state index is 12.4. The molecule has 6 nitrogen and oxygen atoms in total. The number of nitrogens with zero attached hydrogens (tertiary/aromatic N) is 2. The summed E-state index contributed by atoms with van der Waals surface area (Å²) in [6, 6.07) is 7.34. The first-order chi connectivity index (χ1) is 11.6. The van der Waals surface area contributed by atoms with Gasteiger partial charge in [0, 0.05) is 30.9 Å². The Balaban J connectivity index is 1.71. The van der Waals surface area contributed by atoms with Crippen LogP contribution in [0.4, 0.5) is 10.5 Å². The Kier molecular flexibility index (Phi) is 4.85. The molecule has 24 heavy (non-hydrogen) atoms. The van der Waals surface area contributed by atoms with E-state index in [1.807, 2.05) is 38.1 Å². The standard InChI is InChI=1S/C18H23N3O3/c1-12-13(2)24-17(19-12)15-6-3-7-16(9-15)20-18(23)21-8-4-5-14(10-21)11-22/h3,6-7,9,14,22H,4-5,8,10-11H2,1-2H3,(H,20,23). The molecule has 6 heteroatoms. The number of aromatic nitrogens is 1. The van der Waals surface area contributed by atoms with E-state index in [1.165, 1.54) is 0 Å². The third kappa shape index (κ3) is 3.59. The molecule has 1 aromatic carbocycles. The number of likely N-dealkylation sites (tertiary alicyclic amines) is 1. The first kappa shape index (κ1) is 16.5. The van der Waals surface area contributed by atoms with Gasteiger partial charge in [-0.2, -0.15) is 0 Å². The highest BCUT2D eigenvalue weighted by atomic mass is 16.4. The van der Waals surface area contributed by atoms with E-state index < -0.39 is 0 Å². The number of rotatable bonds is 3. The largest absolute Gasteiger partial charge is 0.441 e. The molecule has 1 aliphatic rings. The van der Waals surface area contributed by atoms with Gasteiger partial charge in [0.15, 0.2) is 0 Å². The monoisotopic (exact) mass is 329 g/mol. The van der Waals surface area contributed by atoms with Gasteiger partial charge in [-0.15, -0.1) is 0 Å². The van der Waals surface area contributed by atoms with E-state index >= 15 is 0 Å². The molecule has 0 radical (unpaired) electrons. The molecule has 1 aliphatic heterocycles. The summed E-state index contributed by atoms with van der Waals surface area (Å²) < 4.78 is 5.64. The lowest BCUT2D eigenvalue weighted by Gasteiger charge is -2.31. The molecule has 1 unspecified atom stereocenters. The van der Waals surface area contributed by atoms with Crippen molar-refractivity contribution in [2.45, 2.75) is 26.7 Å². The van der Waals surface area contributed by atoms with E-state index in [-0.39, 0.29) is 18.6 Å². The van der Waals surface area contributed by atoms with Crippen LogP contribution in [0.3, 0.4) is 0 Å². The first-order valence-corrected chi connectivity index (χ1v) is 8.28. The Hall–Kier alpha value is -2.34. The highest BCUT2D eigenvalue weighted by Crippen LogP contribution is 2.24. The topological polar surface area (TPSA) is 78.6 Å². The molecule has 2 N–H and O–H groups in total. The van der Waals surface area contributed by atoms with Crippen LogP contribution in [-0.4, -0.2) is 40.7 Å². The number of nitrogens with one attached hydrogen (secondary N) is 1. The van der Waals surface area contributed by atoms with Crippen LogP contribution >= 0.6 is 0 Å². The summed E-state index contributed by atoms with van der Waals surface area (Å²) in [6.45, 7) is 5.23. The van der Waals surface area contributed by atoms with Crippen LogP contribution in [0.15, 0.2) is 28.7 Å². The number of amides is 2. The number of hydrogen-bond acceptors (Lipinski definition) is 4. The fourth-order valence-corrected chi connectivity index (χ4v) is 2.93. The zero-order valence-corrected chi connectivity index (χ0v) is 14.1. The van der Waals surface area contributed by atoms with Crippen LogP contribution in [-0.2, 0) is 0 Å². The molecule has 0 spiro atoms. The maximum Gasteiger partial charge on any atom is 0.321 e. The van der Waals surface area contributed by atoms with Gasteiger partial charge in [-0.3, -0.25) is 0 Å². The molecular formula is C18H23N3O3. The van der Waals surface area contributed by atoms with Crippen molar-refractivity contribution in [2.75, 3.05) is 25.0 Å². The Morgan fingerprint density at radius 3 is 3.00 bits per heavy atom. The third-order valence-electron chi connectivity index (χ3n) is 4.45. The fraction of sp³-hybridized carbons (Fsp3) is 0.444. The summed E-state index contributed by atoms with van der Waals surface area (Å²) in [5.74, 6) is 1.52. The molecule has 2 aromatic rings. The Labute approximate surface area is 141 Å². The van der Waals surface area contributed by atoms with Gasteiger partial charge in [-0.25, -0.2) is 9.78 Å². The average molecular weight is 329 g/mol. The number of benzene rings is 1. The highest BCUT2D eigenvalue weighted by molar-refractivity contribution is 5.90. The second-order valence-electron chi connectivity index (χ2n) is 6.31. The highest BCUT2D eigenvalue weighted by Gasteiger charge is 2.23. The third-order valence-corrected chi connectivity index (χ3v) is 4.45.